The Morgan fingerprint density at radius 1 is 1.40 bits per heavy atom. The molecule has 20 heavy (non-hydrogen) atoms. The van der Waals surface area contributed by atoms with E-state index in [-0.39, 0.29) is 6.10 Å². The van der Waals surface area contributed by atoms with Crippen molar-refractivity contribution in [2.75, 3.05) is 13.2 Å². The van der Waals surface area contributed by atoms with Crippen LogP contribution in [0.1, 0.15) is 50.3 Å². The van der Waals surface area contributed by atoms with E-state index in [0.717, 1.165) is 38.2 Å². The zero-order chi connectivity index (χ0) is 14.5. The molecule has 2 N–H and O–H groups in total. The highest BCUT2D eigenvalue weighted by atomic mass is 16.5. The largest absolute Gasteiger partial charge is 0.493 e. The first-order chi connectivity index (χ1) is 9.58. The van der Waals surface area contributed by atoms with Gasteiger partial charge in [-0.3, -0.25) is 0 Å². The Kier molecular flexibility index (Phi) is 5.44. The van der Waals surface area contributed by atoms with Crippen molar-refractivity contribution in [3.63, 3.8) is 0 Å². The van der Waals surface area contributed by atoms with E-state index in [9.17, 15) is 5.11 Å². The summed E-state index contributed by atoms with van der Waals surface area (Å²) >= 11 is 0. The molecule has 0 bridgehead atoms. The molecule has 2 atom stereocenters. The van der Waals surface area contributed by atoms with Gasteiger partial charge < -0.3 is 15.2 Å². The van der Waals surface area contributed by atoms with Crippen molar-refractivity contribution in [2.24, 2.45) is 5.92 Å². The maximum atomic E-state index is 9.88. The number of hydrogen-bond acceptors (Lipinski definition) is 3. The second kappa shape index (κ2) is 7.09. The molecule has 1 aromatic carbocycles. The summed E-state index contributed by atoms with van der Waals surface area (Å²) in [4.78, 5) is 0. The van der Waals surface area contributed by atoms with Gasteiger partial charge in [0.15, 0.2) is 0 Å². The standard InChI is InChI=1S/C17H27NO2/c1-12(2)16(19)8-9-18-15-5-4-10-20-17-11-13(3)6-7-14(15)17/h6-7,11-12,15-16,18-19H,4-5,8-10H2,1-3H3. The zero-order valence-electron chi connectivity index (χ0n) is 12.9. The number of fused-ring (bicyclic) bond motifs is 1. The van der Waals surface area contributed by atoms with E-state index in [1.54, 1.807) is 0 Å². The molecule has 0 saturated carbocycles. The van der Waals surface area contributed by atoms with Crippen molar-refractivity contribution in [3.05, 3.63) is 29.3 Å². The summed E-state index contributed by atoms with van der Waals surface area (Å²) in [5.74, 6) is 1.34. The first kappa shape index (κ1) is 15.3. The van der Waals surface area contributed by atoms with Gasteiger partial charge in [0, 0.05) is 11.6 Å². The van der Waals surface area contributed by atoms with E-state index >= 15 is 0 Å². The summed E-state index contributed by atoms with van der Waals surface area (Å²) in [7, 11) is 0. The van der Waals surface area contributed by atoms with Gasteiger partial charge in [0.1, 0.15) is 5.75 Å². The highest BCUT2D eigenvalue weighted by Crippen LogP contribution is 2.32. The molecule has 2 rings (SSSR count). The van der Waals surface area contributed by atoms with Gasteiger partial charge in [0.05, 0.1) is 12.7 Å². The van der Waals surface area contributed by atoms with Crippen LogP contribution in [0.3, 0.4) is 0 Å². The van der Waals surface area contributed by atoms with Crippen LogP contribution in [-0.4, -0.2) is 24.4 Å². The van der Waals surface area contributed by atoms with E-state index in [1.807, 2.05) is 0 Å². The third-order valence-corrected chi connectivity index (χ3v) is 4.04. The van der Waals surface area contributed by atoms with Crippen LogP contribution in [0.5, 0.6) is 5.75 Å². The molecule has 1 aromatic rings. The summed E-state index contributed by atoms with van der Waals surface area (Å²) in [6, 6.07) is 6.78. The first-order valence-electron chi connectivity index (χ1n) is 7.72. The van der Waals surface area contributed by atoms with Crippen molar-refractivity contribution in [1.29, 1.82) is 0 Å². The van der Waals surface area contributed by atoms with Gasteiger partial charge in [0.2, 0.25) is 0 Å². The summed E-state index contributed by atoms with van der Waals surface area (Å²) in [5.41, 5.74) is 2.49. The smallest absolute Gasteiger partial charge is 0.124 e. The number of ether oxygens (including phenoxy) is 1. The maximum Gasteiger partial charge on any atom is 0.124 e. The molecule has 0 amide bonds. The molecule has 1 heterocycles. The van der Waals surface area contributed by atoms with Crippen LogP contribution in [0.4, 0.5) is 0 Å². The van der Waals surface area contributed by atoms with Crippen LogP contribution in [0.25, 0.3) is 0 Å². The van der Waals surface area contributed by atoms with Crippen LogP contribution in [0, 0.1) is 12.8 Å². The molecule has 3 heteroatoms. The first-order valence-corrected chi connectivity index (χ1v) is 7.72. The second-order valence-corrected chi connectivity index (χ2v) is 6.14. The van der Waals surface area contributed by atoms with Crippen molar-refractivity contribution >= 4 is 0 Å². The Morgan fingerprint density at radius 2 is 2.20 bits per heavy atom. The minimum Gasteiger partial charge on any atom is -0.493 e. The molecule has 1 aliphatic rings. The molecule has 0 aliphatic carbocycles. The predicted octanol–water partition coefficient (Wildman–Crippen LogP) is 3.21. The van der Waals surface area contributed by atoms with Crippen LogP contribution >= 0.6 is 0 Å². The van der Waals surface area contributed by atoms with E-state index in [4.69, 9.17) is 4.74 Å². The lowest BCUT2D eigenvalue weighted by atomic mass is 9.99. The molecule has 0 aromatic heterocycles. The number of aliphatic hydroxyl groups is 1. The van der Waals surface area contributed by atoms with Crippen LogP contribution < -0.4 is 10.1 Å². The summed E-state index contributed by atoms with van der Waals surface area (Å²) in [6.45, 7) is 7.85. The van der Waals surface area contributed by atoms with Crippen LogP contribution in [-0.2, 0) is 0 Å². The quantitative estimate of drug-likeness (QED) is 0.868. The summed E-state index contributed by atoms with van der Waals surface area (Å²) in [5, 5.41) is 13.5. The number of hydrogen-bond donors (Lipinski definition) is 2. The number of aryl methyl sites for hydroxylation is 1. The fourth-order valence-electron chi connectivity index (χ4n) is 2.63. The molecule has 3 nitrogen and oxygen atoms in total. The minimum atomic E-state index is -0.220. The third-order valence-electron chi connectivity index (χ3n) is 4.04. The van der Waals surface area contributed by atoms with Gasteiger partial charge >= 0.3 is 0 Å². The van der Waals surface area contributed by atoms with Gasteiger partial charge in [-0.2, -0.15) is 0 Å². The zero-order valence-corrected chi connectivity index (χ0v) is 12.9. The molecule has 2 unspecified atom stereocenters. The predicted molar refractivity (Wildman–Crippen MR) is 82.1 cm³/mol. The molecular formula is C17H27NO2. The van der Waals surface area contributed by atoms with Gasteiger partial charge in [-0.1, -0.05) is 26.0 Å². The average molecular weight is 277 g/mol. The molecule has 0 spiro atoms. The molecule has 0 fully saturated rings. The Hall–Kier alpha value is -1.06. The Bertz CT molecular complexity index is 431. The van der Waals surface area contributed by atoms with Gasteiger partial charge in [0.25, 0.3) is 0 Å². The number of rotatable bonds is 5. The lowest BCUT2D eigenvalue weighted by Crippen LogP contribution is -2.27. The van der Waals surface area contributed by atoms with Gasteiger partial charge in [-0.15, -0.1) is 0 Å². The Morgan fingerprint density at radius 3 is 2.95 bits per heavy atom. The minimum absolute atomic E-state index is 0.220. The Labute approximate surface area is 122 Å². The fraction of sp³-hybridized carbons (Fsp3) is 0.647. The number of benzene rings is 1. The average Bonchev–Trinajstić information content (AvgIpc) is 2.60. The lowest BCUT2D eigenvalue weighted by molar-refractivity contribution is 0.115. The maximum absolute atomic E-state index is 9.88. The van der Waals surface area contributed by atoms with Crippen molar-refractivity contribution in [1.82, 2.24) is 5.32 Å². The van der Waals surface area contributed by atoms with E-state index < -0.39 is 0 Å². The highest BCUT2D eigenvalue weighted by Gasteiger charge is 2.19. The molecule has 0 radical (unpaired) electrons. The molecule has 1 aliphatic heterocycles. The van der Waals surface area contributed by atoms with Crippen LogP contribution in [0.15, 0.2) is 18.2 Å². The highest BCUT2D eigenvalue weighted by molar-refractivity contribution is 5.39. The molecule has 112 valence electrons. The fourth-order valence-corrected chi connectivity index (χ4v) is 2.63. The third kappa shape index (κ3) is 3.97. The second-order valence-electron chi connectivity index (χ2n) is 6.14. The van der Waals surface area contributed by atoms with Crippen molar-refractivity contribution in [3.8, 4) is 5.75 Å². The summed E-state index contributed by atoms with van der Waals surface area (Å²) < 4.78 is 5.84. The SMILES string of the molecule is Cc1ccc2c(c1)OCCCC2NCCC(O)C(C)C. The Balaban J connectivity index is 1.98. The van der Waals surface area contributed by atoms with Crippen molar-refractivity contribution < 1.29 is 9.84 Å². The van der Waals surface area contributed by atoms with Gasteiger partial charge in [-0.25, -0.2) is 0 Å². The van der Waals surface area contributed by atoms with Crippen molar-refractivity contribution in [2.45, 2.75) is 52.2 Å². The van der Waals surface area contributed by atoms with Gasteiger partial charge in [-0.05, 0) is 50.3 Å². The van der Waals surface area contributed by atoms with E-state index in [1.165, 1.54) is 11.1 Å². The number of nitrogens with one attached hydrogen (secondary N) is 1. The number of aliphatic hydroxyl groups excluding tert-OH is 1. The van der Waals surface area contributed by atoms with E-state index in [0.29, 0.717) is 12.0 Å². The van der Waals surface area contributed by atoms with E-state index in [2.05, 4.69) is 44.3 Å². The normalized spacial score (nSPS) is 20.1. The lowest BCUT2D eigenvalue weighted by Gasteiger charge is -2.21. The monoisotopic (exact) mass is 277 g/mol. The summed E-state index contributed by atoms with van der Waals surface area (Å²) in [6.07, 6.45) is 2.74. The topological polar surface area (TPSA) is 41.5 Å². The molecule has 0 saturated heterocycles. The van der Waals surface area contributed by atoms with Crippen LogP contribution in [0.2, 0.25) is 0 Å². The molecular weight excluding hydrogens is 250 g/mol.